The summed E-state index contributed by atoms with van der Waals surface area (Å²) in [6, 6.07) is 5.87. The Morgan fingerprint density at radius 3 is 2.92 bits per heavy atom. The highest BCUT2D eigenvalue weighted by molar-refractivity contribution is 7.27. The molecule has 60 valence electrons. The summed E-state index contributed by atoms with van der Waals surface area (Å²) >= 11 is 0. The number of benzene rings is 1. The van der Waals surface area contributed by atoms with Crippen molar-refractivity contribution in [1.82, 2.24) is 0 Å². The Labute approximate surface area is 72.8 Å². The minimum absolute atomic E-state index is 0.0627. The lowest BCUT2D eigenvalue weighted by Crippen LogP contribution is -2.10. The maximum atomic E-state index is 11.1. The second-order valence-corrected chi connectivity index (χ2v) is 3.38. The van der Waals surface area contributed by atoms with Crippen molar-refractivity contribution in [3.63, 3.8) is 0 Å². The molecule has 1 aromatic carbocycles. The third-order valence-corrected chi connectivity index (χ3v) is 2.42. The molecule has 0 atom stereocenters. The molecule has 1 N–H and O–H groups in total. The van der Waals surface area contributed by atoms with Crippen LogP contribution in [0.5, 0.6) is 0 Å². The van der Waals surface area contributed by atoms with Crippen LogP contribution in [0.15, 0.2) is 18.2 Å². The molecule has 2 rings (SSSR count). The fraction of sp³-hybridized carbons (Fsp3) is 0.111. The molecule has 1 aromatic rings. The highest BCUT2D eigenvalue weighted by Gasteiger charge is 2.21. The molecule has 12 heavy (non-hydrogen) atoms. The molecular weight excluding hydrogens is 169 g/mol. The summed E-state index contributed by atoms with van der Waals surface area (Å²) in [5, 5.41) is 3.37. The maximum absolute atomic E-state index is 11.1. The van der Waals surface area contributed by atoms with Crippen molar-refractivity contribution < 1.29 is 4.79 Å². The van der Waals surface area contributed by atoms with E-state index in [1.807, 2.05) is 25.1 Å². The van der Waals surface area contributed by atoms with Crippen LogP contribution in [0.25, 0.3) is 0 Å². The number of carbonyl (C=O) groups is 1. The Bertz CT molecular complexity index is 384. The Balaban J connectivity index is 2.63. The number of hydrogen-bond acceptors (Lipinski definition) is 1. The molecule has 0 saturated heterocycles. The average molecular weight is 177 g/mol. The van der Waals surface area contributed by atoms with Crippen LogP contribution in [0.3, 0.4) is 0 Å². The van der Waals surface area contributed by atoms with E-state index in [4.69, 9.17) is 0 Å². The standard InChI is InChI=1S/C9H8NOP/c1-5-2-3-7-6(4-5)8(12)9(11)10-7/h2-4,12H,1H3,(H,10,11). The van der Waals surface area contributed by atoms with Gasteiger partial charge in [-0.25, -0.2) is 0 Å². The van der Waals surface area contributed by atoms with E-state index in [1.54, 1.807) is 0 Å². The van der Waals surface area contributed by atoms with Gasteiger partial charge in [0.2, 0.25) is 0 Å². The molecule has 2 nitrogen and oxygen atoms in total. The fourth-order valence-corrected chi connectivity index (χ4v) is 1.55. The third kappa shape index (κ3) is 0.961. The van der Waals surface area contributed by atoms with Crippen molar-refractivity contribution in [3.05, 3.63) is 29.3 Å². The Hall–Kier alpha value is -1.14. The van der Waals surface area contributed by atoms with Gasteiger partial charge in [-0.05, 0) is 19.1 Å². The van der Waals surface area contributed by atoms with Crippen LogP contribution in [-0.4, -0.2) is 11.2 Å². The number of hydrogen-bond donors (Lipinski definition) is 1. The molecule has 0 saturated carbocycles. The van der Waals surface area contributed by atoms with Gasteiger partial charge in [0.05, 0.1) is 5.29 Å². The van der Waals surface area contributed by atoms with E-state index in [0.717, 1.165) is 16.8 Å². The predicted octanol–water partition coefficient (Wildman–Crippen LogP) is 1.61. The zero-order chi connectivity index (χ0) is 8.72. The molecule has 0 radical (unpaired) electrons. The predicted molar refractivity (Wildman–Crippen MR) is 52.2 cm³/mol. The number of rotatable bonds is 0. The Kier molecular flexibility index (Phi) is 1.52. The quantitative estimate of drug-likeness (QED) is 0.599. The number of aryl methyl sites for hydroxylation is 1. The van der Waals surface area contributed by atoms with E-state index in [1.165, 1.54) is 0 Å². The smallest absolute Gasteiger partial charge is 0.260 e. The molecule has 1 heterocycles. The summed E-state index contributed by atoms with van der Waals surface area (Å²) in [6.07, 6.45) is 0. The van der Waals surface area contributed by atoms with Crippen molar-refractivity contribution in [2.24, 2.45) is 0 Å². The van der Waals surface area contributed by atoms with E-state index in [9.17, 15) is 4.79 Å². The molecule has 3 heteroatoms. The third-order valence-electron chi connectivity index (χ3n) is 1.92. The van der Waals surface area contributed by atoms with E-state index >= 15 is 0 Å². The molecule has 0 unspecified atom stereocenters. The monoisotopic (exact) mass is 177 g/mol. The topological polar surface area (TPSA) is 29.1 Å². The van der Waals surface area contributed by atoms with Crippen molar-refractivity contribution in [3.8, 4) is 0 Å². The van der Waals surface area contributed by atoms with Gasteiger partial charge in [-0.2, -0.15) is 0 Å². The van der Waals surface area contributed by atoms with Gasteiger partial charge < -0.3 is 5.32 Å². The molecule has 0 aromatic heterocycles. The number of fused-ring (bicyclic) bond motifs is 1. The number of carbonyl (C=O) groups excluding carboxylic acids is 1. The summed E-state index contributed by atoms with van der Waals surface area (Å²) in [6.45, 7) is 2.00. The van der Waals surface area contributed by atoms with Gasteiger partial charge in [0.25, 0.3) is 5.91 Å². The first-order valence-electron chi connectivity index (χ1n) is 3.69. The second kappa shape index (κ2) is 2.43. The molecule has 0 bridgehead atoms. The van der Waals surface area contributed by atoms with Crippen LogP contribution in [0, 0.1) is 6.92 Å². The van der Waals surface area contributed by atoms with E-state index < -0.39 is 0 Å². The summed E-state index contributed by atoms with van der Waals surface area (Å²) in [7, 11) is 3.29. The van der Waals surface area contributed by atoms with Gasteiger partial charge in [0.15, 0.2) is 0 Å². The van der Waals surface area contributed by atoms with E-state index in [-0.39, 0.29) is 5.91 Å². The fourth-order valence-electron chi connectivity index (χ4n) is 1.28. The molecule has 1 aliphatic heterocycles. The average Bonchev–Trinajstić information content (AvgIpc) is 2.31. The lowest BCUT2D eigenvalue weighted by molar-refractivity contribution is -0.109. The molecule has 0 fully saturated rings. The van der Waals surface area contributed by atoms with E-state index in [0.29, 0.717) is 5.29 Å². The summed E-state index contributed by atoms with van der Waals surface area (Å²) in [5.74, 6) is -0.0627. The van der Waals surface area contributed by atoms with E-state index in [2.05, 4.69) is 14.2 Å². The largest absolute Gasteiger partial charge is 0.321 e. The highest BCUT2D eigenvalue weighted by atomic mass is 31.0. The first-order valence-corrected chi connectivity index (χ1v) is 4.19. The summed E-state index contributed by atoms with van der Waals surface area (Å²) < 4.78 is 0. The number of nitrogens with one attached hydrogen (secondary N) is 1. The molecule has 1 amide bonds. The molecule has 0 aliphatic carbocycles. The zero-order valence-corrected chi connectivity index (χ0v) is 7.64. The van der Waals surface area contributed by atoms with Crippen molar-refractivity contribution in [2.75, 3.05) is 5.32 Å². The van der Waals surface area contributed by atoms with Crippen molar-refractivity contribution in [1.29, 1.82) is 0 Å². The highest BCUT2D eigenvalue weighted by Crippen LogP contribution is 2.24. The minimum Gasteiger partial charge on any atom is -0.321 e. The van der Waals surface area contributed by atoms with Crippen LogP contribution in [0.2, 0.25) is 0 Å². The Morgan fingerprint density at radius 1 is 1.42 bits per heavy atom. The maximum Gasteiger partial charge on any atom is 0.260 e. The summed E-state index contributed by atoms with van der Waals surface area (Å²) in [5.41, 5.74) is 2.99. The molecular formula is C9H8NOP. The van der Waals surface area contributed by atoms with Crippen LogP contribution in [-0.2, 0) is 4.79 Å². The molecule has 0 spiro atoms. The van der Waals surface area contributed by atoms with Crippen LogP contribution in [0.1, 0.15) is 11.1 Å². The number of amides is 1. The van der Waals surface area contributed by atoms with Gasteiger partial charge in [-0.15, -0.1) is 8.86 Å². The molecule has 1 aliphatic rings. The van der Waals surface area contributed by atoms with Gasteiger partial charge in [-0.1, -0.05) is 11.6 Å². The normalized spacial score (nSPS) is 14.4. The van der Waals surface area contributed by atoms with Crippen LogP contribution in [0.4, 0.5) is 5.69 Å². The van der Waals surface area contributed by atoms with Gasteiger partial charge in [0, 0.05) is 11.3 Å². The lowest BCUT2D eigenvalue weighted by atomic mass is 10.1. The van der Waals surface area contributed by atoms with Gasteiger partial charge in [-0.3, -0.25) is 4.79 Å². The SMILES string of the molecule is Cc1ccc2c(c1)C(=P)C(=O)N2. The van der Waals surface area contributed by atoms with Crippen molar-refractivity contribution in [2.45, 2.75) is 6.92 Å². The summed E-state index contributed by atoms with van der Waals surface area (Å²) in [4.78, 5) is 11.1. The van der Waals surface area contributed by atoms with Crippen LogP contribution >= 0.6 is 8.86 Å². The Morgan fingerprint density at radius 2 is 2.17 bits per heavy atom. The minimum atomic E-state index is -0.0627. The first kappa shape index (κ1) is 7.51. The second-order valence-electron chi connectivity index (χ2n) is 2.88. The van der Waals surface area contributed by atoms with Gasteiger partial charge >= 0.3 is 0 Å². The van der Waals surface area contributed by atoms with Crippen LogP contribution < -0.4 is 5.32 Å². The first-order chi connectivity index (χ1) is 5.68. The lowest BCUT2D eigenvalue weighted by Gasteiger charge is -1.97. The number of anilines is 1. The van der Waals surface area contributed by atoms with Crippen molar-refractivity contribution >= 4 is 25.8 Å². The zero-order valence-electron chi connectivity index (χ0n) is 6.64. The van der Waals surface area contributed by atoms with Gasteiger partial charge in [0.1, 0.15) is 0 Å².